The third kappa shape index (κ3) is 4.49. The lowest BCUT2D eigenvalue weighted by Gasteiger charge is -2.35. The summed E-state index contributed by atoms with van der Waals surface area (Å²) in [6.45, 7) is 0.0866. The first-order valence-corrected chi connectivity index (χ1v) is 8.68. The van der Waals surface area contributed by atoms with Crippen molar-refractivity contribution in [2.24, 2.45) is 23.7 Å². The summed E-state index contributed by atoms with van der Waals surface area (Å²) in [5, 5.41) is 5.38. The number of nitrogens with zero attached hydrogens (tertiary/aromatic N) is 2. The quantitative estimate of drug-likeness (QED) is 0.624. The average molecular weight is 352 g/mol. The molecule has 0 heterocycles. The molecule has 25 heavy (non-hydrogen) atoms. The molecule has 2 aliphatic rings. The van der Waals surface area contributed by atoms with Crippen molar-refractivity contribution in [1.82, 2.24) is 20.4 Å². The molecule has 0 spiro atoms. The molecule has 0 bridgehead atoms. The molecule has 8 heteroatoms. The fourth-order valence-electron chi connectivity index (χ4n) is 3.30. The van der Waals surface area contributed by atoms with Crippen LogP contribution < -0.4 is 10.6 Å². The molecule has 0 aromatic heterocycles. The van der Waals surface area contributed by atoms with E-state index in [1.807, 2.05) is 0 Å². The number of amides is 4. The minimum absolute atomic E-state index is 0.0594. The van der Waals surface area contributed by atoms with Gasteiger partial charge in [-0.3, -0.25) is 19.2 Å². The second kappa shape index (κ2) is 7.84. The van der Waals surface area contributed by atoms with E-state index in [1.165, 1.54) is 0 Å². The van der Waals surface area contributed by atoms with E-state index in [9.17, 15) is 19.2 Å². The van der Waals surface area contributed by atoms with Crippen molar-refractivity contribution < 1.29 is 19.2 Å². The highest BCUT2D eigenvalue weighted by Crippen LogP contribution is 2.35. The van der Waals surface area contributed by atoms with Gasteiger partial charge in [0.05, 0.1) is 6.67 Å². The van der Waals surface area contributed by atoms with Crippen molar-refractivity contribution in [2.75, 3.05) is 34.9 Å². The first-order valence-electron chi connectivity index (χ1n) is 8.68. The van der Waals surface area contributed by atoms with Crippen LogP contribution in [0.2, 0.25) is 0 Å². The lowest BCUT2D eigenvalue weighted by molar-refractivity contribution is -0.141. The minimum Gasteiger partial charge on any atom is -0.349 e. The van der Waals surface area contributed by atoms with Crippen LogP contribution in [0, 0.1) is 23.7 Å². The van der Waals surface area contributed by atoms with Gasteiger partial charge in [0.25, 0.3) is 0 Å². The fraction of sp³-hybridized carbons (Fsp3) is 0.765. The van der Waals surface area contributed by atoms with Crippen LogP contribution in [0.25, 0.3) is 0 Å². The largest absolute Gasteiger partial charge is 0.349 e. The molecule has 8 nitrogen and oxygen atoms in total. The van der Waals surface area contributed by atoms with Crippen LogP contribution in [-0.2, 0) is 19.2 Å². The first-order chi connectivity index (χ1) is 11.7. The molecule has 0 unspecified atom stereocenters. The molecule has 0 atom stereocenters. The van der Waals surface area contributed by atoms with Gasteiger partial charge in [0, 0.05) is 51.9 Å². The summed E-state index contributed by atoms with van der Waals surface area (Å²) < 4.78 is 0. The number of hydrogen-bond acceptors (Lipinski definition) is 4. The number of nitrogens with one attached hydrogen (secondary N) is 2. The van der Waals surface area contributed by atoms with Gasteiger partial charge in [-0.15, -0.1) is 0 Å². The highest BCUT2D eigenvalue weighted by atomic mass is 16.2. The van der Waals surface area contributed by atoms with Gasteiger partial charge >= 0.3 is 0 Å². The smallest absolute Gasteiger partial charge is 0.225 e. The normalized spacial score (nSPS) is 27.4. The maximum absolute atomic E-state index is 12.0. The van der Waals surface area contributed by atoms with Gasteiger partial charge in [0.1, 0.15) is 0 Å². The predicted molar refractivity (Wildman–Crippen MR) is 91.0 cm³/mol. The lowest BCUT2D eigenvalue weighted by atomic mass is 9.73. The third-order valence-corrected chi connectivity index (χ3v) is 5.12. The lowest BCUT2D eigenvalue weighted by Crippen LogP contribution is -2.49. The zero-order valence-electron chi connectivity index (χ0n) is 15.4. The van der Waals surface area contributed by atoms with Gasteiger partial charge in [0.15, 0.2) is 0 Å². The molecule has 0 aromatic carbocycles. The van der Waals surface area contributed by atoms with Gasteiger partial charge < -0.3 is 20.4 Å². The molecule has 0 aliphatic heterocycles. The molecule has 0 radical (unpaired) electrons. The molecule has 0 saturated heterocycles. The van der Waals surface area contributed by atoms with E-state index in [0.717, 1.165) is 0 Å². The van der Waals surface area contributed by atoms with Crippen molar-refractivity contribution in [1.29, 1.82) is 0 Å². The molecule has 2 fully saturated rings. The van der Waals surface area contributed by atoms with Crippen LogP contribution >= 0.6 is 0 Å². The zero-order valence-corrected chi connectivity index (χ0v) is 15.4. The van der Waals surface area contributed by atoms with Gasteiger partial charge in [-0.05, 0) is 25.7 Å². The molecule has 0 aromatic rings. The molecule has 140 valence electrons. The molecule has 2 saturated carbocycles. The molecular formula is C17H28N4O4. The van der Waals surface area contributed by atoms with E-state index in [4.69, 9.17) is 0 Å². The monoisotopic (exact) mass is 352 g/mol. The van der Waals surface area contributed by atoms with Crippen molar-refractivity contribution in [3.63, 3.8) is 0 Å². The van der Waals surface area contributed by atoms with Crippen LogP contribution in [0.15, 0.2) is 0 Å². The highest BCUT2D eigenvalue weighted by Gasteiger charge is 2.40. The maximum Gasteiger partial charge on any atom is 0.225 e. The second-order valence-corrected chi connectivity index (χ2v) is 7.45. The number of carbonyl (C=O) groups is 4. The molecule has 2 N–H and O–H groups in total. The summed E-state index contributed by atoms with van der Waals surface area (Å²) in [5.74, 6) is -0.584. The third-order valence-electron chi connectivity index (χ3n) is 5.12. The van der Waals surface area contributed by atoms with Crippen LogP contribution in [0.4, 0.5) is 0 Å². The van der Waals surface area contributed by atoms with E-state index < -0.39 is 0 Å². The summed E-state index contributed by atoms with van der Waals surface area (Å²) >= 11 is 0. The van der Waals surface area contributed by atoms with Crippen molar-refractivity contribution in [2.45, 2.75) is 25.7 Å². The summed E-state index contributed by atoms with van der Waals surface area (Å²) in [4.78, 5) is 50.5. The van der Waals surface area contributed by atoms with E-state index in [0.29, 0.717) is 25.7 Å². The Hall–Kier alpha value is -2.12. The molecule has 2 rings (SSSR count). The summed E-state index contributed by atoms with van der Waals surface area (Å²) in [6.07, 6.45) is 2.25. The predicted octanol–water partition coefficient (Wildman–Crippen LogP) is -0.595. The standard InChI is InChI=1S/C17H28N4O4/c1-20(2)16(24)12-5-10(6-12)14(22)18-9-19-15(23)11-7-13(8-11)17(25)21(3)4/h10-13H,5-9H2,1-4H3,(H,18,22)(H,19,23). The second-order valence-electron chi connectivity index (χ2n) is 7.45. The summed E-state index contributed by atoms with van der Waals surface area (Å²) in [6, 6.07) is 0. The number of carbonyl (C=O) groups excluding carboxylic acids is 4. The molecule has 4 amide bonds. The Morgan fingerprint density at radius 2 is 1.00 bits per heavy atom. The molecular weight excluding hydrogens is 324 g/mol. The maximum atomic E-state index is 12.0. The van der Waals surface area contributed by atoms with Crippen LogP contribution in [-0.4, -0.2) is 68.3 Å². The van der Waals surface area contributed by atoms with Crippen LogP contribution in [0.3, 0.4) is 0 Å². The number of hydrogen-bond donors (Lipinski definition) is 2. The summed E-state index contributed by atoms with van der Waals surface area (Å²) in [5.41, 5.74) is 0. The van der Waals surface area contributed by atoms with Gasteiger partial charge in [-0.25, -0.2) is 0 Å². The van der Waals surface area contributed by atoms with Gasteiger partial charge in [0.2, 0.25) is 23.6 Å². The number of rotatable bonds is 6. The SMILES string of the molecule is CN(C)C(=O)C1CC(C(=O)NCNC(=O)C2CC(C(=O)N(C)C)C2)C1. The Balaban J connectivity index is 1.59. The first kappa shape index (κ1) is 19.2. The van der Waals surface area contributed by atoms with Crippen molar-refractivity contribution in [3.8, 4) is 0 Å². The Morgan fingerprint density at radius 3 is 1.28 bits per heavy atom. The Morgan fingerprint density at radius 1 is 0.680 bits per heavy atom. The Kier molecular flexibility index (Phi) is 6.02. The van der Waals surface area contributed by atoms with Crippen molar-refractivity contribution >= 4 is 23.6 Å². The van der Waals surface area contributed by atoms with E-state index in [-0.39, 0.29) is 54.0 Å². The average Bonchev–Trinajstić information content (AvgIpc) is 2.43. The fourth-order valence-corrected chi connectivity index (χ4v) is 3.30. The molecule has 2 aliphatic carbocycles. The summed E-state index contributed by atoms with van der Waals surface area (Å²) in [7, 11) is 6.84. The van der Waals surface area contributed by atoms with Gasteiger partial charge in [-0.1, -0.05) is 0 Å². The Labute approximate surface area is 148 Å². The van der Waals surface area contributed by atoms with Gasteiger partial charge in [-0.2, -0.15) is 0 Å². The minimum atomic E-state index is -0.156. The van der Waals surface area contributed by atoms with Crippen molar-refractivity contribution in [3.05, 3.63) is 0 Å². The van der Waals surface area contributed by atoms with Crippen LogP contribution in [0.1, 0.15) is 25.7 Å². The zero-order chi connectivity index (χ0) is 18.7. The highest BCUT2D eigenvalue weighted by molar-refractivity contribution is 5.87. The topological polar surface area (TPSA) is 98.8 Å². The van der Waals surface area contributed by atoms with E-state index in [2.05, 4.69) is 10.6 Å². The van der Waals surface area contributed by atoms with E-state index >= 15 is 0 Å². The van der Waals surface area contributed by atoms with E-state index in [1.54, 1.807) is 38.0 Å². The van der Waals surface area contributed by atoms with Crippen LogP contribution in [0.5, 0.6) is 0 Å². The Bertz CT molecular complexity index is 501.